The normalized spacial score (nSPS) is 11.1. The van der Waals surface area contributed by atoms with Crippen molar-refractivity contribution >= 4 is 36.1 Å². The first-order valence-corrected chi connectivity index (χ1v) is 23.5. The maximum absolute atomic E-state index is 12.8. The van der Waals surface area contributed by atoms with Crippen LogP contribution in [-0.2, 0) is 64.1 Å². The number of unbranched alkanes of at least 4 members (excludes halogenated alkanes) is 8. The van der Waals surface area contributed by atoms with E-state index in [-0.39, 0.29) is 37.0 Å². The van der Waals surface area contributed by atoms with Crippen molar-refractivity contribution in [2.24, 2.45) is 0 Å². The van der Waals surface area contributed by atoms with Crippen LogP contribution in [0.25, 0.3) is 0 Å². The maximum Gasteiger partial charge on any atom is 0.410 e. The number of carbonyl (C=O) groups excluding carboxylic acids is 4. The summed E-state index contributed by atoms with van der Waals surface area (Å²) in [6.07, 6.45) is 12.4. The maximum atomic E-state index is 12.8. The van der Waals surface area contributed by atoms with Gasteiger partial charge in [-0.3, -0.25) is 19.2 Å². The van der Waals surface area contributed by atoms with Gasteiger partial charge < -0.3 is 39.0 Å². The number of amides is 2. The molecule has 2 rings (SSSR count). The first-order chi connectivity index (χ1) is 30.7. The van der Waals surface area contributed by atoms with Gasteiger partial charge >= 0.3 is 36.1 Å². The number of carboxylic acids is 2. The van der Waals surface area contributed by atoms with Crippen LogP contribution in [0, 0.1) is 0 Å². The number of carbonyl (C=O) groups is 6. The van der Waals surface area contributed by atoms with Crippen LogP contribution in [0.5, 0.6) is 0 Å². The van der Waals surface area contributed by atoms with E-state index in [1.165, 1.54) is 7.11 Å². The van der Waals surface area contributed by atoms with Crippen molar-refractivity contribution in [1.29, 1.82) is 0 Å². The second-order valence-electron chi connectivity index (χ2n) is 18.3. The molecule has 0 saturated carbocycles. The minimum Gasteiger partial charge on any atom is -0.481 e. The second-order valence-corrected chi connectivity index (χ2v) is 18.3. The molecule has 0 aromatic heterocycles. The molecule has 2 aromatic rings. The van der Waals surface area contributed by atoms with E-state index in [9.17, 15) is 28.8 Å². The van der Waals surface area contributed by atoms with Gasteiger partial charge in [-0.1, -0.05) is 87.1 Å². The third-order valence-corrected chi connectivity index (χ3v) is 9.96. The van der Waals surface area contributed by atoms with Gasteiger partial charge in [0.15, 0.2) is 0 Å². The molecule has 14 nitrogen and oxygen atoms in total. The zero-order chi connectivity index (χ0) is 48.7. The van der Waals surface area contributed by atoms with Crippen LogP contribution in [-0.4, -0.2) is 94.1 Å². The van der Waals surface area contributed by atoms with Crippen LogP contribution >= 0.6 is 0 Å². The SMILES string of the molecule is CC(C)(C)OC(=O)N(CCCCCCCC(=O)O)Cc1ccc(CCCC(=O)O)cc1.CCOC(=O)CCCc1ccc(CN(CCCCCCCC(=O)OC)C(=O)OC(C)(C)C)cc1. The molecule has 0 bridgehead atoms. The van der Waals surface area contributed by atoms with E-state index < -0.39 is 23.1 Å². The first-order valence-electron chi connectivity index (χ1n) is 23.5. The summed E-state index contributed by atoms with van der Waals surface area (Å²) in [7, 11) is 1.41. The molecule has 14 heteroatoms. The highest BCUT2D eigenvalue weighted by Gasteiger charge is 2.23. The van der Waals surface area contributed by atoms with E-state index in [1.54, 1.807) is 9.80 Å². The summed E-state index contributed by atoms with van der Waals surface area (Å²) in [5.41, 5.74) is 3.15. The van der Waals surface area contributed by atoms with Gasteiger partial charge in [-0.2, -0.15) is 0 Å². The summed E-state index contributed by atoms with van der Waals surface area (Å²) in [6, 6.07) is 16.1. The number of esters is 2. The van der Waals surface area contributed by atoms with Gasteiger partial charge in [0.05, 0.1) is 13.7 Å². The number of hydrogen-bond donors (Lipinski definition) is 2. The number of benzene rings is 2. The Morgan fingerprint density at radius 1 is 0.477 bits per heavy atom. The third-order valence-electron chi connectivity index (χ3n) is 9.96. The van der Waals surface area contributed by atoms with Crippen LogP contribution in [0.3, 0.4) is 0 Å². The zero-order valence-electron chi connectivity index (χ0n) is 40.8. The molecule has 0 aliphatic carbocycles. The van der Waals surface area contributed by atoms with Gasteiger partial charge in [0.2, 0.25) is 0 Å². The average molecular weight is 913 g/mol. The lowest BCUT2D eigenvalue weighted by Crippen LogP contribution is -2.37. The fourth-order valence-electron chi connectivity index (χ4n) is 6.61. The number of aryl methyl sites for hydroxylation is 2. The Morgan fingerprint density at radius 3 is 1.20 bits per heavy atom. The van der Waals surface area contributed by atoms with Crippen LogP contribution in [0.15, 0.2) is 48.5 Å². The molecule has 2 aromatic carbocycles. The van der Waals surface area contributed by atoms with E-state index in [0.717, 1.165) is 92.9 Å². The molecule has 65 heavy (non-hydrogen) atoms. The standard InChI is InChI=1S/C27H43NO6.C24H37NO6/c1-6-33-25(30)15-12-13-22-16-18-23(19-17-22)21-28(26(31)34-27(2,3)4)20-11-9-7-8-10-14-24(29)32-5;1-24(2,3)31-23(30)25(17-8-6-4-5-7-11-21(26)27)18-20-15-13-19(14-16-20)10-9-12-22(28)29/h16-19H,6-15,20-21H2,1-5H3;13-16H,4-12,17-18H2,1-3H3,(H,26,27)(H,28,29). The van der Waals surface area contributed by atoms with Gasteiger partial charge in [0.25, 0.3) is 0 Å². The third kappa shape index (κ3) is 31.4. The van der Waals surface area contributed by atoms with E-state index in [2.05, 4.69) is 16.9 Å². The number of carboxylic acid groups (broad SMARTS) is 2. The topological polar surface area (TPSA) is 186 Å². The quantitative estimate of drug-likeness (QED) is 0.0447. The number of ether oxygens (including phenoxy) is 4. The van der Waals surface area contributed by atoms with Gasteiger partial charge in [0, 0.05) is 51.9 Å². The van der Waals surface area contributed by atoms with Crippen molar-refractivity contribution in [2.45, 2.75) is 188 Å². The predicted molar refractivity (Wildman–Crippen MR) is 251 cm³/mol. The van der Waals surface area contributed by atoms with Crippen LogP contribution in [0.4, 0.5) is 9.59 Å². The van der Waals surface area contributed by atoms with Crippen molar-refractivity contribution in [3.8, 4) is 0 Å². The molecular weight excluding hydrogens is 833 g/mol. The Kier molecular flexibility index (Phi) is 28.9. The highest BCUT2D eigenvalue weighted by Crippen LogP contribution is 2.18. The predicted octanol–water partition coefficient (Wildman–Crippen LogP) is 11.1. The minimum atomic E-state index is -0.786. The Bertz CT molecular complexity index is 1680. The molecule has 0 spiro atoms. The van der Waals surface area contributed by atoms with Gasteiger partial charge in [-0.15, -0.1) is 0 Å². The molecule has 2 N–H and O–H groups in total. The van der Waals surface area contributed by atoms with Gasteiger partial charge in [-0.25, -0.2) is 9.59 Å². The molecule has 0 unspecified atom stereocenters. The fraction of sp³-hybridized carbons (Fsp3) is 0.647. The van der Waals surface area contributed by atoms with Crippen LogP contribution in [0.2, 0.25) is 0 Å². The zero-order valence-corrected chi connectivity index (χ0v) is 40.8. The molecule has 0 aliphatic rings. The van der Waals surface area contributed by atoms with Gasteiger partial charge in [-0.05, 0) is 122 Å². The van der Waals surface area contributed by atoms with Crippen molar-refractivity contribution in [3.63, 3.8) is 0 Å². The summed E-state index contributed by atoms with van der Waals surface area (Å²) in [6.45, 7) is 15.5. The first kappa shape index (κ1) is 57.9. The summed E-state index contributed by atoms with van der Waals surface area (Å²) in [4.78, 5) is 72.8. The van der Waals surface area contributed by atoms with Crippen LogP contribution in [0.1, 0.15) is 173 Å². The molecule has 366 valence electrons. The summed E-state index contributed by atoms with van der Waals surface area (Å²) in [5.74, 6) is -1.87. The summed E-state index contributed by atoms with van der Waals surface area (Å²) in [5, 5.41) is 17.4. The Balaban J connectivity index is 0.000000653. The van der Waals surface area contributed by atoms with E-state index in [4.69, 9.17) is 24.4 Å². The summed E-state index contributed by atoms with van der Waals surface area (Å²) < 4.78 is 20.8. The lowest BCUT2D eigenvalue weighted by molar-refractivity contribution is -0.143. The molecule has 0 radical (unpaired) electrons. The Hall–Kier alpha value is -5.14. The Labute approximate surface area is 388 Å². The number of hydrogen-bond acceptors (Lipinski definition) is 10. The average Bonchev–Trinajstić information content (AvgIpc) is 3.22. The molecule has 0 heterocycles. The van der Waals surface area contributed by atoms with Crippen molar-refractivity contribution in [1.82, 2.24) is 9.80 Å². The summed E-state index contributed by atoms with van der Waals surface area (Å²) >= 11 is 0. The highest BCUT2D eigenvalue weighted by atomic mass is 16.6. The lowest BCUT2D eigenvalue weighted by Gasteiger charge is -2.27. The number of methoxy groups -OCH3 is 1. The smallest absolute Gasteiger partial charge is 0.410 e. The molecule has 0 fully saturated rings. The largest absolute Gasteiger partial charge is 0.481 e. The molecule has 2 amide bonds. The molecule has 0 atom stereocenters. The number of nitrogens with zero attached hydrogens (tertiary/aromatic N) is 2. The van der Waals surface area contributed by atoms with Crippen molar-refractivity contribution in [2.75, 3.05) is 26.8 Å². The van der Waals surface area contributed by atoms with E-state index in [0.29, 0.717) is 64.9 Å². The van der Waals surface area contributed by atoms with Crippen LogP contribution < -0.4 is 0 Å². The van der Waals surface area contributed by atoms with Gasteiger partial charge in [0.1, 0.15) is 11.2 Å². The highest BCUT2D eigenvalue weighted by molar-refractivity contribution is 5.70. The molecular formula is C51H80N2O12. The van der Waals surface area contributed by atoms with E-state index in [1.807, 2.05) is 84.9 Å². The fourth-order valence-corrected chi connectivity index (χ4v) is 6.61. The second kappa shape index (κ2) is 32.5. The number of aliphatic carboxylic acids is 2. The monoisotopic (exact) mass is 913 g/mol. The molecule has 0 saturated heterocycles. The molecule has 0 aliphatic heterocycles. The minimum absolute atomic E-state index is 0.157. The number of rotatable bonds is 29. The van der Waals surface area contributed by atoms with Crippen molar-refractivity contribution in [3.05, 3.63) is 70.8 Å². The van der Waals surface area contributed by atoms with Crippen molar-refractivity contribution < 1.29 is 57.9 Å². The lowest BCUT2D eigenvalue weighted by atomic mass is 10.1. The Morgan fingerprint density at radius 2 is 0.815 bits per heavy atom. The van der Waals surface area contributed by atoms with E-state index >= 15 is 0 Å².